The lowest BCUT2D eigenvalue weighted by molar-refractivity contribution is -0.137. The standard InChI is InChI=1S/C12H24F3N/c1-4-9-16-11(10(5-2)6-3)7-8-12(13,14)15/h10-11,16H,4-9H2,1-3H3. The highest BCUT2D eigenvalue weighted by Gasteiger charge is 2.29. The van der Waals surface area contributed by atoms with Crippen LogP contribution < -0.4 is 5.32 Å². The Balaban J connectivity index is 4.18. The molecule has 0 aliphatic carbocycles. The van der Waals surface area contributed by atoms with Crippen molar-refractivity contribution in [1.29, 1.82) is 0 Å². The molecule has 0 heterocycles. The highest BCUT2D eigenvalue weighted by atomic mass is 19.4. The van der Waals surface area contributed by atoms with Crippen LogP contribution in [0.25, 0.3) is 0 Å². The van der Waals surface area contributed by atoms with Crippen LogP contribution in [0, 0.1) is 5.92 Å². The summed E-state index contributed by atoms with van der Waals surface area (Å²) in [4.78, 5) is 0. The SMILES string of the molecule is CCCNC(CCC(F)(F)F)C(CC)CC. The summed E-state index contributed by atoms with van der Waals surface area (Å²) >= 11 is 0. The average molecular weight is 239 g/mol. The quantitative estimate of drug-likeness (QED) is 0.671. The van der Waals surface area contributed by atoms with Crippen LogP contribution >= 0.6 is 0 Å². The molecule has 0 rings (SSSR count). The molecule has 0 aromatic rings. The number of hydrogen-bond acceptors (Lipinski definition) is 1. The van der Waals surface area contributed by atoms with E-state index in [1.54, 1.807) is 0 Å². The second-order valence-electron chi connectivity index (χ2n) is 4.29. The van der Waals surface area contributed by atoms with Gasteiger partial charge in [0.15, 0.2) is 0 Å². The van der Waals surface area contributed by atoms with Crippen LogP contribution in [-0.2, 0) is 0 Å². The molecule has 0 saturated carbocycles. The Labute approximate surface area is 96.8 Å². The maximum atomic E-state index is 12.2. The van der Waals surface area contributed by atoms with E-state index in [-0.39, 0.29) is 12.5 Å². The van der Waals surface area contributed by atoms with Gasteiger partial charge >= 0.3 is 6.18 Å². The molecule has 1 nitrogen and oxygen atoms in total. The first kappa shape index (κ1) is 15.8. The van der Waals surface area contributed by atoms with Crippen LogP contribution in [0.5, 0.6) is 0 Å². The molecule has 0 fully saturated rings. The fraction of sp³-hybridized carbons (Fsp3) is 1.00. The van der Waals surface area contributed by atoms with Gasteiger partial charge in [-0.2, -0.15) is 13.2 Å². The Hall–Kier alpha value is -0.250. The fourth-order valence-corrected chi connectivity index (χ4v) is 2.01. The predicted octanol–water partition coefficient (Wildman–Crippen LogP) is 4.13. The number of alkyl halides is 3. The number of hydrogen-bond donors (Lipinski definition) is 1. The summed E-state index contributed by atoms with van der Waals surface area (Å²) in [6.45, 7) is 6.92. The Morgan fingerprint density at radius 2 is 1.62 bits per heavy atom. The first-order valence-electron chi connectivity index (χ1n) is 6.24. The summed E-state index contributed by atoms with van der Waals surface area (Å²) < 4.78 is 36.5. The molecule has 4 heteroatoms. The van der Waals surface area contributed by atoms with E-state index < -0.39 is 12.6 Å². The zero-order valence-electron chi connectivity index (χ0n) is 10.5. The lowest BCUT2D eigenvalue weighted by atomic mass is 9.90. The summed E-state index contributed by atoms with van der Waals surface area (Å²) in [5.74, 6) is 0.355. The van der Waals surface area contributed by atoms with E-state index in [4.69, 9.17) is 0 Å². The van der Waals surface area contributed by atoms with Crippen molar-refractivity contribution in [2.45, 2.75) is 65.1 Å². The average Bonchev–Trinajstić information content (AvgIpc) is 2.21. The molecular weight excluding hydrogens is 215 g/mol. The van der Waals surface area contributed by atoms with E-state index in [9.17, 15) is 13.2 Å². The zero-order chi connectivity index (χ0) is 12.6. The minimum absolute atomic E-state index is 0.0107. The highest BCUT2D eigenvalue weighted by molar-refractivity contribution is 4.76. The summed E-state index contributed by atoms with van der Waals surface area (Å²) in [6.07, 6.45) is -1.66. The summed E-state index contributed by atoms with van der Waals surface area (Å²) in [5, 5.41) is 3.24. The smallest absolute Gasteiger partial charge is 0.314 e. The van der Waals surface area contributed by atoms with Gasteiger partial charge in [0.25, 0.3) is 0 Å². The van der Waals surface area contributed by atoms with Crippen LogP contribution in [0.3, 0.4) is 0 Å². The number of halogens is 3. The molecule has 1 unspecified atom stereocenters. The molecule has 0 saturated heterocycles. The van der Waals surface area contributed by atoms with Crippen molar-refractivity contribution in [3.8, 4) is 0 Å². The fourth-order valence-electron chi connectivity index (χ4n) is 2.01. The number of nitrogens with one attached hydrogen (secondary N) is 1. The van der Waals surface area contributed by atoms with E-state index in [0.29, 0.717) is 5.92 Å². The summed E-state index contributed by atoms with van der Waals surface area (Å²) in [7, 11) is 0. The van der Waals surface area contributed by atoms with Crippen molar-refractivity contribution < 1.29 is 13.2 Å². The van der Waals surface area contributed by atoms with Crippen molar-refractivity contribution in [2.75, 3.05) is 6.54 Å². The van der Waals surface area contributed by atoms with Gasteiger partial charge < -0.3 is 5.32 Å². The largest absolute Gasteiger partial charge is 0.389 e. The molecule has 0 aliphatic rings. The molecule has 0 aromatic heterocycles. The van der Waals surface area contributed by atoms with Crippen molar-refractivity contribution in [1.82, 2.24) is 5.32 Å². The molecular formula is C12H24F3N. The van der Waals surface area contributed by atoms with Crippen molar-refractivity contribution >= 4 is 0 Å². The third kappa shape index (κ3) is 7.09. The molecule has 98 valence electrons. The van der Waals surface area contributed by atoms with Gasteiger partial charge in [-0.05, 0) is 25.3 Å². The Kier molecular flexibility index (Phi) is 7.81. The third-order valence-corrected chi connectivity index (χ3v) is 3.01. The molecule has 1 N–H and O–H groups in total. The van der Waals surface area contributed by atoms with Gasteiger partial charge in [0.2, 0.25) is 0 Å². The van der Waals surface area contributed by atoms with Gasteiger partial charge in [-0.1, -0.05) is 33.6 Å². The van der Waals surface area contributed by atoms with Crippen LogP contribution in [0.4, 0.5) is 13.2 Å². The van der Waals surface area contributed by atoms with Crippen molar-refractivity contribution in [2.24, 2.45) is 5.92 Å². The minimum atomic E-state index is -4.03. The molecule has 0 bridgehead atoms. The predicted molar refractivity (Wildman–Crippen MR) is 61.4 cm³/mol. The minimum Gasteiger partial charge on any atom is -0.314 e. The van der Waals surface area contributed by atoms with Crippen LogP contribution in [0.15, 0.2) is 0 Å². The van der Waals surface area contributed by atoms with Gasteiger partial charge in [-0.15, -0.1) is 0 Å². The molecule has 0 spiro atoms. The van der Waals surface area contributed by atoms with E-state index in [1.807, 2.05) is 20.8 Å². The summed E-state index contributed by atoms with van der Waals surface area (Å²) in [6, 6.07) is 0.0107. The number of rotatable bonds is 8. The Morgan fingerprint density at radius 3 is 2.00 bits per heavy atom. The van der Waals surface area contributed by atoms with E-state index in [2.05, 4.69) is 5.32 Å². The van der Waals surface area contributed by atoms with Crippen molar-refractivity contribution in [3.05, 3.63) is 0 Å². The van der Waals surface area contributed by atoms with Gasteiger partial charge in [-0.25, -0.2) is 0 Å². The molecule has 0 aromatic carbocycles. The van der Waals surface area contributed by atoms with Crippen molar-refractivity contribution in [3.63, 3.8) is 0 Å². The maximum Gasteiger partial charge on any atom is 0.389 e. The van der Waals surface area contributed by atoms with E-state index in [0.717, 1.165) is 25.8 Å². The molecule has 1 atom stereocenters. The first-order chi connectivity index (χ1) is 7.44. The van der Waals surface area contributed by atoms with Crippen LogP contribution in [0.1, 0.15) is 52.9 Å². The lowest BCUT2D eigenvalue weighted by Crippen LogP contribution is -2.37. The third-order valence-electron chi connectivity index (χ3n) is 3.01. The normalized spacial score (nSPS) is 14.4. The van der Waals surface area contributed by atoms with Gasteiger partial charge in [0, 0.05) is 12.5 Å². The maximum absolute atomic E-state index is 12.2. The topological polar surface area (TPSA) is 12.0 Å². The van der Waals surface area contributed by atoms with Crippen LogP contribution in [-0.4, -0.2) is 18.8 Å². The molecule has 0 aliphatic heterocycles. The zero-order valence-corrected chi connectivity index (χ0v) is 10.5. The monoisotopic (exact) mass is 239 g/mol. The highest BCUT2D eigenvalue weighted by Crippen LogP contribution is 2.26. The second-order valence-corrected chi connectivity index (χ2v) is 4.29. The molecule has 0 radical (unpaired) electrons. The van der Waals surface area contributed by atoms with E-state index in [1.165, 1.54) is 0 Å². The first-order valence-corrected chi connectivity index (χ1v) is 6.24. The Bertz CT molecular complexity index is 164. The second kappa shape index (κ2) is 7.93. The molecule has 16 heavy (non-hydrogen) atoms. The van der Waals surface area contributed by atoms with Crippen LogP contribution in [0.2, 0.25) is 0 Å². The summed E-state index contributed by atoms with van der Waals surface area (Å²) in [5.41, 5.74) is 0. The van der Waals surface area contributed by atoms with Gasteiger partial charge in [0.05, 0.1) is 0 Å². The molecule has 0 amide bonds. The Morgan fingerprint density at radius 1 is 1.06 bits per heavy atom. The van der Waals surface area contributed by atoms with Gasteiger partial charge in [-0.3, -0.25) is 0 Å². The lowest BCUT2D eigenvalue weighted by Gasteiger charge is -2.27. The van der Waals surface area contributed by atoms with E-state index >= 15 is 0 Å². The van der Waals surface area contributed by atoms with Gasteiger partial charge in [0.1, 0.15) is 0 Å².